The van der Waals surface area contributed by atoms with Crippen LogP contribution >= 0.6 is 34.8 Å². The molecule has 0 fully saturated rings. The Balaban J connectivity index is 2.95. The standard InChI is InChI=1S/C13H17Cl3/c1-13(2,3)9(8-14)7-10-11(15)5-4-6-12(10)16/h4-6,9H,7-8H2,1-3H3. The number of hydrogen-bond acceptors (Lipinski definition) is 0. The molecule has 0 aromatic heterocycles. The molecule has 0 N–H and O–H groups in total. The molecule has 0 radical (unpaired) electrons. The van der Waals surface area contributed by atoms with E-state index in [4.69, 9.17) is 34.8 Å². The van der Waals surface area contributed by atoms with Crippen molar-refractivity contribution in [3.05, 3.63) is 33.8 Å². The second-order valence-corrected chi connectivity index (χ2v) is 6.24. The van der Waals surface area contributed by atoms with Crippen molar-refractivity contribution in [3.63, 3.8) is 0 Å². The Bertz CT molecular complexity index is 332. The molecule has 0 aliphatic carbocycles. The van der Waals surface area contributed by atoms with Crippen LogP contribution in [0.1, 0.15) is 26.3 Å². The normalized spacial score (nSPS) is 13.9. The molecular weight excluding hydrogens is 263 g/mol. The zero-order valence-electron chi connectivity index (χ0n) is 9.86. The molecule has 0 bridgehead atoms. The van der Waals surface area contributed by atoms with Crippen LogP contribution in [0, 0.1) is 11.3 Å². The van der Waals surface area contributed by atoms with E-state index in [0.717, 1.165) is 22.0 Å². The van der Waals surface area contributed by atoms with E-state index < -0.39 is 0 Å². The van der Waals surface area contributed by atoms with Crippen LogP contribution in [0.15, 0.2) is 18.2 Å². The van der Waals surface area contributed by atoms with Crippen molar-refractivity contribution in [2.75, 3.05) is 5.88 Å². The van der Waals surface area contributed by atoms with Crippen LogP contribution in [0.2, 0.25) is 10.0 Å². The van der Waals surface area contributed by atoms with Gasteiger partial charge in [0.15, 0.2) is 0 Å². The third-order valence-electron chi connectivity index (χ3n) is 2.92. The first-order valence-electron chi connectivity index (χ1n) is 5.35. The number of alkyl halides is 1. The van der Waals surface area contributed by atoms with Crippen LogP contribution in [0.3, 0.4) is 0 Å². The van der Waals surface area contributed by atoms with Crippen molar-refractivity contribution in [3.8, 4) is 0 Å². The molecule has 1 aromatic rings. The lowest BCUT2D eigenvalue weighted by atomic mass is 9.78. The minimum Gasteiger partial charge on any atom is -0.126 e. The summed E-state index contributed by atoms with van der Waals surface area (Å²) in [7, 11) is 0. The molecule has 1 rings (SSSR count). The third-order valence-corrected chi connectivity index (χ3v) is 4.00. The van der Waals surface area contributed by atoms with Crippen molar-refractivity contribution < 1.29 is 0 Å². The van der Waals surface area contributed by atoms with Crippen molar-refractivity contribution in [2.45, 2.75) is 27.2 Å². The minimum absolute atomic E-state index is 0.157. The number of rotatable bonds is 3. The lowest BCUT2D eigenvalue weighted by Gasteiger charge is -2.29. The van der Waals surface area contributed by atoms with Gasteiger partial charge < -0.3 is 0 Å². The fourth-order valence-electron chi connectivity index (χ4n) is 1.57. The molecule has 0 saturated carbocycles. The molecule has 0 aliphatic rings. The summed E-state index contributed by atoms with van der Waals surface area (Å²) in [6, 6.07) is 5.61. The monoisotopic (exact) mass is 278 g/mol. The lowest BCUT2D eigenvalue weighted by Crippen LogP contribution is -2.24. The maximum absolute atomic E-state index is 6.15. The first kappa shape index (κ1) is 14.2. The van der Waals surface area contributed by atoms with Gasteiger partial charge in [-0.2, -0.15) is 0 Å². The van der Waals surface area contributed by atoms with Gasteiger partial charge in [0.05, 0.1) is 0 Å². The quantitative estimate of drug-likeness (QED) is 0.647. The zero-order chi connectivity index (χ0) is 12.3. The summed E-state index contributed by atoms with van der Waals surface area (Å²) < 4.78 is 0. The zero-order valence-corrected chi connectivity index (χ0v) is 12.1. The molecule has 16 heavy (non-hydrogen) atoms. The highest BCUT2D eigenvalue weighted by Gasteiger charge is 2.25. The Morgan fingerprint density at radius 2 is 1.62 bits per heavy atom. The Labute approximate surface area is 113 Å². The van der Waals surface area contributed by atoms with Crippen molar-refractivity contribution in [2.24, 2.45) is 11.3 Å². The largest absolute Gasteiger partial charge is 0.126 e. The molecule has 1 unspecified atom stereocenters. The summed E-state index contributed by atoms with van der Waals surface area (Å²) in [6.07, 6.45) is 0.825. The van der Waals surface area contributed by atoms with Gasteiger partial charge in [-0.3, -0.25) is 0 Å². The van der Waals surface area contributed by atoms with Crippen molar-refractivity contribution >= 4 is 34.8 Å². The first-order valence-corrected chi connectivity index (χ1v) is 6.64. The van der Waals surface area contributed by atoms with E-state index in [0.29, 0.717) is 11.8 Å². The van der Waals surface area contributed by atoms with Gasteiger partial charge >= 0.3 is 0 Å². The minimum atomic E-state index is 0.157. The van der Waals surface area contributed by atoms with E-state index in [2.05, 4.69) is 20.8 Å². The van der Waals surface area contributed by atoms with E-state index in [1.165, 1.54) is 0 Å². The Kier molecular flexibility index (Phi) is 4.97. The molecular formula is C13H17Cl3. The maximum Gasteiger partial charge on any atom is 0.0452 e. The number of benzene rings is 1. The molecule has 1 aromatic carbocycles. The molecule has 0 amide bonds. The maximum atomic E-state index is 6.15. The highest BCUT2D eigenvalue weighted by Crippen LogP contribution is 2.34. The number of hydrogen-bond donors (Lipinski definition) is 0. The van der Waals surface area contributed by atoms with Crippen LogP contribution in [-0.4, -0.2) is 5.88 Å². The average molecular weight is 280 g/mol. The highest BCUT2D eigenvalue weighted by atomic mass is 35.5. The molecule has 0 saturated heterocycles. The second kappa shape index (κ2) is 5.62. The number of halogens is 3. The second-order valence-electron chi connectivity index (χ2n) is 5.12. The van der Waals surface area contributed by atoms with Gasteiger partial charge in [0, 0.05) is 15.9 Å². The molecule has 0 nitrogen and oxygen atoms in total. The van der Waals surface area contributed by atoms with Gasteiger partial charge in [-0.15, -0.1) is 11.6 Å². The van der Waals surface area contributed by atoms with Gasteiger partial charge in [-0.05, 0) is 35.4 Å². The van der Waals surface area contributed by atoms with Crippen molar-refractivity contribution in [1.29, 1.82) is 0 Å². The summed E-state index contributed by atoms with van der Waals surface area (Å²) in [5, 5.41) is 1.46. The SMILES string of the molecule is CC(C)(C)C(CCl)Cc1c(Cl)cccc1Cl. The van der Waals surface area contributed by atoms with Crippen LogP contribution < -0.4 is 0 Å². The molecule has 3 heteroatoms. The average Bonchev–Trinajstić information content (AvgIpc) is 2.15. The van der Waals surface area contributed by atoms with E-state index in [-0.39, 0.29) is 5.41 Å². The van der Waals surface area contributed by atoms with Gasteiger partial charge in [0.25, 0.3) is 0 Å². The van der Waals surface area contributed by atoms with Crippen LogP contribution in [0.5, 0.6) is 0 Å². The Morgan fingerprint density at radius 1 is 1.12 bits per heavy atom. The summed E-state index contributed by atoms with van der Waals surface area (Å²) >= 11 is 18.3. The fraction of sp³-hybridized carbons (Fsp3) is 0.538. The molecule has 0 aliphatic heterocycles. The summed E-state index contributed by atoms with van der Waals surface area (Å²) in [6.45, 7) is 6.56. The fourth-order valence-corrected chi connectivity index (χ4v) is 2.69. The predicted octanol–water partition coefficient (Wildman–Crippen LogP) is 5.44. The van der Waals surface area contributed by atoms with E-state index >= 15 is 0 Å². The highest BCUT2D eigenvalue weighted by molar-refractivity contribution is 6.36. The van der Waals surface area contributed by atoms with E-state index in [1.807, 2.05) is 18.2 Å². The molecule has 90 valence electrons. The molecule has 0 heterocycles. The van der Waals surface area contributed by atoms with Crippen LogP contribution in [0.4, 0.5) is 0 Å². The Morgan fingerprint density at radius 3 is 2.00 bits per heavy atom. The van der Waals surface area contributed by atoms with Gasteiger partial charge in [-0.1, -0.05) is 50.0 Å². The molecule has 1 atom stereocenters. The topological polar surface area (TPSA) is 0 Å². The van der Waals surface area contributed by atoms with Crippen LogP contribution in [-0.2, 0) is 6.42 Å². The van der Waals surface area contributed by atoms with E-state index in [1.54, 1.807) is 0 Å². The smallest absolute Gasteiger partial charge is 0.0452 e. The Hall–Kier alpha value is 0.0900. The lowest BCUT2D eigenvalue weighted by molar-refractivity contribution is 0.264. The summed E-state index contributed by atoms with van der Waals surface area (Å²) in [5.41, 5.74) is 1.16. The van der Waals surface area contributed by atoms with Crippen LogP contribution in [0.25, 0.3) is 0 Å². The van der Waals surface area contributed by atoms with Gasteiger partial charge in [0.2, 0.25) is 0 Å². The van der Waals surface area contributed by atoms with Gasteiger partial charge in [-0.25, -0.2) is 0 Å². The van der Waals surface area contributed by atoms with Crippen molar-refractivity contribution in [1.82, 2.24) is 0 Å². The predicted molar refractivity (Wildman–Crippen MR) is 73.8 cm³/mol. The summed E-state index contributed by atoms with van der Waals surface area (Å²) in [5.74, 6) is 0.983. The third kappa shape index (κ3) is 3.55. The van der Waals surface area contributed by atoms with E-state index in [9.17, 15) is 0 Å². The molecule has 0 spiro atoms. The first-order chi connectivity index (χ1) is 7.36. The van der Waals surface area contributed by atoms with Gasteiger partial charge in [0.1, 0.15) is 0 Å². The summed E-state index contributed by atoms with van der Waals surface area (Å²) in [4.78, 5) is 0.